The first-order valence-corrected chi connectivity index (χ1v) is 10.5. The highest BCUT2D eigenvalue weighted by Gasteiger charge is 2.34. The summed E-state index contributed by atoms with van der Waals surface area (Å²) in [6, 6.07) is 1.88. The minimum absolute atomic E-state index is 0.0150. The zero-order valence-electron chi connectivity index (χ0n) is 17.2. The lowest BCUT2D eigenvalue weighted by atomic mass is 9.92. The molecule has 0 aromatic carbocycles. The molecule has 2 aliphatic rings. The Labute approximate surface area is 175 Å². The number of hydrogen-bond donors (Lipinski definition) is 0. The van der Waals surface area contributed by atoms with Crippen molar-refractivity contribution in [3.63, 3.8) is 0 Å². The van der Waals surface area contributed by atoms with Crippen LogP contribution in [-0.2, 0) is 14.3 Å². The molecule has 0 bridgehead atoms. The van der Waals surface area contributed by atoms with Crippen LogP contribution in [0.2, 0.25) is 0 Å². The lowest BCUT2D eigenvalue weighted by Crippen LogP contribution is -2.47. The van der Waals surface area contributed by atoms with E-state index in [4.69, 9.17) is 4.74 Å². The fraction of sp³-hybridized carbons (Fsp3) is 0.600. The average Bonchev–Trinajstić information content (AvgIpc) is 3.34. The maximum Gasteiger partial charge on any atom is 0.310 e. The fourth-order valence-electron chi connectivity index (χ4n) is 4.21. The number of piperidine rings is 2. The van der Waals surface area contributed by atoms with Gasteiger partial charge in [-0.15, -0.1) is 0 Å². The van der Waals surface area contributed by atoms with E-state index in [1.165, 1.54) is 12.7 Å². The summed E-state index contributed by atoms with van der Waals surface area (Å²) in [5.41, 5.74) is 0. The molecular weight excluding hydrogens is 386 g/mol. The summed E-state index contributed by atoms with van der Waals surface area (Å²) in [6.45, 7) is 4.89. The normalized spacial score (nSPS) is 20.2. The van der Waals surface area contributed by atoms with Gasteiger partial charge < -0.3 is 14.5 Å². The molecule has 0 spiro atoms. The third kappa shape index (κ3) is 4.42. The third-order valence-corrected chi connectivity index (χ3v) is 5.81. The molecule has 4 rings (SSSR count). The summed E-state index contributed by atoms with van der Waals surface area (Å²) in [7, 11) is 0. The predicted molar refractivity (Wildman–Crippen MR) is 108 cm³/mol. The highest BCUT2D eigenvalue weighted by Crippen LogP contribution is 2.26. The minimum Gasteiger partial charge on any atom is -0.466 e. The second kappa shape index (κ2) is 9.19. The highest BCUT2D eigenvalue weighted by atomic mass is 16.5. The molecule has 2 aliphatic heterocycles. The number of anilines is 1. The van der Waals surface area contributed by atoms with Gasteiger partial charge in [0.2, 0.25) is 5.91 Å². The van der Waals surface area contributed by atoms with Gasteiger partial charge >= 0.3 is 5.97 Å². The van der Waals surface area contributed by atoms with Crippen LogP contribution in [0.5, 0.6) is 0 Å². The van der Waals surface area contributed by atoms with Crippen molar-refractivity contribution in [3.05, 3.63) is 25.0 Å². The number of nitrogens with zero attached hydrogens (tertiary/aromatic N) is 7. The summed E-state index contributed by atoms with van der Waals surface area (Å²) in [6.07, 6.45) is 7.76. The van der Waals surface area contributed by atoms with Crippen LogP contribution < -0.4 is 4.90 Å². The maximum absolute atomic E-state index is 13.0. The smallest absolute Gasteiger partial charge is 0.310 e. The van der Waals surface area contributed by atoms with Crippen LogP contribution >= 0.6 is 0 Å². The van der Waals surface area contributed by atoms with E-state index in [1.807, 2.05) is 17.9 Å². The molecule has 2 fully saturated rings. The first kappa shape index (κ1) is 20.2. The average molecular weight is 413 g/mol. The topological polar surface area (TPSA) is 106 Å². The zero-order valence-corrected chi connectivity index (χ0v) is 17.2. The molecule has 0 radical (unpaired) electrons. The van der Waals surface area contributed by atoms with Gasteiger partial charge in [0.05, 0.1) is 12.5 Å². The lowest BCUT2D eigenvalue weighted by Gasteiger charge is -2.37. The molecule has 160 valence electrons. The van der Waals surface area contributed by atoms with E-state index >= 15 is 0 Å². The van der Waals surface area contributed by atoms with Gasteiger partial charge in [-0.2, -0.15) is 5.10 Å². The van der Waals surface area contributed by atoms with Crippen molar-refractivity contribution in [3.8, 4) is 5.82 Å². The Balaban J connectivity index is 1.34. The quantitative estimate of drug-likeness (QED) is 0.670. The molecule has 1 amide bonds. The standard InChI is InChI=1S/C20H27N7O3/c1-2-30-20(29)16-4-3-7-26(11-16)19(28)15-5-8-25(9-6-15)17-10-18(23-13-22-17)27-14-21-12-24-27/h10,12-16H,2-9,11H2,1H3. The van der Waals surface area contributed by atoms with Crippen molar-refractivity contribution in [1.29, 1.82) is 0 Å². The van der Waals surface area contributed by atoms with E-state index < -0.39 is 0 Å². The van der Waals surface area contributed by atoms with Crippen molar-refractivity contribution in [2.75, 3.05) is 37.7 Å². The first-order chi connectivity index (χ1) is 14.7. The predicted octanol–water partition coefficient (Wildman–Crippen LogP) is 1.08. The van der Waals surface area contributed by atoms with Crippen LogP contribution in [0.15, 0.2) is 25.0 Å². The second-order valence-electron chi connectivity index (χ2n) is 7.71. The van der Waals surface area contributed by atoms with Crippen molar-refractivity contribution in [2.24, 2.45) is 11.8 Å². The molecule has 1 atom stereocenters. The van der Waals surface area contributed by atoms with Crippen LogP contribution in [0.3, 0.4) is 0 Å². The molecular formula is C20H27N7O3. The van der Waals surface area contributed by atoms with Crippen LogP contribution in [0.25, 0.3) is 5.82 Å². The number of likely N-dealkylation sites (tertiary alicyclic amines) is 1. The Bertz CT molecular complexity index is 865. The Morgan fingerprint density at radius 2 is 1.87 bits per heavy atom. The summed E-state index contributed by atoms with van der Waals surface area (Å²) in [5, 5.41) is 4.10. The van der Waals surface area contributed by atoms with Gasteiger partial charge in [-0.3, -0.25) is 9.59 Å². The summed E-state index contributed by atoms with van der Waals surface area (Å²) < 4.78 is 6.74. The SMILES string of the molecule is CCOC(=O)C1CCCN(C(=O)C2CCN(c3cc(-n4cncn4)ncn3)CC2)C1. The number of carbonyl (C=O) groups excluding carboxylic acids is 2. The summed E-state index contributed by atoms with van der Waals surface area (Å²) in [4.78, 5) is 41.7. The largest absolute Gasteiger partial charge is 0.466 e. The van der Waals surface area contributed by atoms with E-state index in [9.17, 15) is 9.59 Å². The molecule has 30 heavy (non-hydrogen) atoms. The summed E-state index contributed by atoms with van der Waals surface area (Å²) >= 11 is 0. The van der Waals surface area contributed by atoms with Crippen molar-refractivity contribution in [1.82, 2.24) is 29.6 Å². The van der Waals surface area contributed by atoms with Crippen molar-refractivity contribution >= 4 is 17.7 Å². The number of amides is 1. The molecule has 10 nitrogen and oxygen atoms in total. The monoisotopic (exact) mass is 413 g/mol. The van der Waals surface area contributed by atoms with Gasteiger partial charge in [-0.05, 0) is 32.6 Å². The molecule has 0 aliphatic carbocycles. The first-order valence-electron chi connectivity index (χ1n) is 10.5. The van der Waals surface area contributed by atoms with Crippen LogP contribution in [0.4, 0.5) is 5.82 Å². The van der Waals surface area contributed by atoms with Gasteiger partial charge in [-0.1, -0.05) is 0 Å². The number of hydrogen-bond acceptors (Lipinski definition) is 8. The van der Waals surface area contributed by atoms with E-state index in [2.05, 4.69) is 25.0 Å². The van der Waals surface area contributed by atoms with Crippen LogP contribution in [0, 0.1) is 11.8 Å². The number of rotatable bonds is 5. The Morgan fingerprint density at radius 3 is 2.60 bits per heavy atom. The number of esters is 1. The lowest BCUT2D eigenvalue weighted by molar-refractivity contribution is -0.152. The Morgan fingerprint density at radius 1 is 1.07 bits per heavy atom. The maximum atomic E-state index is 13.0. The number of carbonyl (C=O) groups is 2. The minimum atomic E-state index is -0.195. The van der Waals surface area contributed by atoms with Gasteiger partial charge in [0.15, 0.2) is 5.82 Å². The molecule has 2 aromatic rings. The van der Waals surface area contributed by atoms with Gasteiger partial charge in [0.1, 0.15) is 24.8 Å². The molecule has 4 heterocycles. The van der Waals surface area contributed by atoms with E-state index in [0.29, 0.717) is 19.0 Å². The van der Waals surface area contributed by atoms with Crippen molar-refractivity contribution in [2.45, 2.75) is 32.6 Å². The second-order valence-corrected chi connectivity index (χ2v) is 7.71. The van der Waals surface area contributed by atoms with E-state index in [1.54, 1.807) is 11.0 Å². The van der Waals surface area contributed by atoms with Gasteiger partial charge in [0, 0.05) is 38.2 Å². The molecule has 0 saturated carbocycles. The Hall–Kier alpha value is -3.04. The molecule has 0 N–H and O–H groups in total. The molecule has 1 unspecified atom stereocenters. The zero-order chi connectivity index (χ0) is 20.9. The molecule has 2 aromatic heterocycles. The van der Waals surface area contributed by atoms with E-state index in [0.717, 1.165) is 51.1 Å². The van der Waals surface area contributed by atoms with E-state index in [-0.39, 0.29) is 23.7 Å². The van der Waals surface area contributed by atoms with Gasteiger partial charge in [0.25, 0.3) is 0 Å². The highest BCUT2D eigenvalue weighted by molar-refractivity contribution is 5.80. The number of ether oxygens (including phenoxy) is 1. The van der Waals surface area contributed by atoms with Crippen molar-refractivity contribution < 1.29 is 14.3 Å². The number of aromatic nitrogens is 5. The summed E-state index contributed by atoms with van der Waals surface area (Å²) in [5.74, 6) is 1.25. The molecule has 10 heteroatoms. The fourth-order valence-corrected chi connectivity index (χ4v) is 4.21. The molecule has 2 saturated heterocycles. The van der Waals surface area contributed by atoms with Crippen LogP contribution in [0.1, 0.15) is 32.6 Å². The Kier molecular flexibility index (Phi) is 6.20. The van der Waals surface area contributed by atoms with Gasteiger partial charge in [-0.25, -0.2) is 19.6 Å². The third-order valence-electron chi connectivity index (χ3n) is 5.81. The van der Waals surface area contributed by atoms with Crippen LogP contribution in [-0.4, -0.2) is 74.3 Å².